The molecule has 0 spiro atoms. The van der Waals surface area contributed by atoms with E-state index in [0.29, 0.717) is 0 Å². The van der Waals surface area contributed by atoms with Crippen LogP contribution in [-0.4, -0.2) is 35.4 Å². The summed E-state index contributed by atoms with van der Waals surface area (Å²) in [5.41, 5.74) is -1.63. The summed E-state index contributed by atoms with van der Waals surface area (Å²) < 4.78 is 4.59. The maximum Gasteiger partial charge on any atom is 0.323 e. The van der Waals surface area contributed by atoms with Crippen LogP contribution in [0.3, 0.4) is 0 Å². The highest BCUT2D eigenvalue weighted by molar-refractivity contribution is 5.98. The van der Waals surface area contributed by atoms with Gasteiger partial charge in [-0.2, -0.15) is 0 Å². The summed E-state index contributed by atoms with van der Waals surface area (Å²) in [4.78, 5) is 21.9. The maximum absolute atomic E-state index is 11.2. The van der Waals surface area contributed by atoms with Crippen LogP contribution in [0.1, 0.15) is 20.3 Å². The minimum atomic E-state index is -1.63. The molecule has 0 aromatic heterocycles. The third kappa shape index (κ3) is 2.69. The van der Waals surface area contributed by atoms with E-state index in [9.17, 15) is 9.59 Å². The summed E-state index contributed by atoms with van der Waals surface area (Å²) in [5.74, 6) is -2.09. The lowest BCUT2D eigenvalue weighted by atomic mass is 9.87. The van der Waals surface area contributed by atoms with E-state index in [4.69, 9.17) is 10.2 Å². The molecule has 0 aliphatic carbocycles. The number of ether oxygens (including phenoxy) is 1. The molecule has 76 valence electrons. The quantitative estimate of drug-likeness (QED) is 0.471. The molecule has 0 rings (SSSR count). The lowest BCUT2D eigenvalue weighted by molar-refractivity contribution is -0.168. The van der Waals surface area contributed by atoms with Crippen molar-refractivity contribution in [3.8, 4) is 0 Å². The van der Waals surface area contributed by atoms with E-state index in [1.807, 2.05) is 0 Å². The first-order chi connectivity index (χ1) is 5.99. The number of carbonyl (C=O) groups excluding carboxylic acids is 1. The third-order valence-corrected chi connectivity index (χ3v) is 1.81. The monoisotopic (exact) mass is 190 g/mol. The van der Waals surface area contributed by atoms with Gasteiger partial charge in [-0.1, -0.05) is 0 Å². The van der Waals surface area contributed by atoms with Gasteiger partial charge in [-0.3, -0.25) is 9.59 Å². The van der Waals surface area contributed by atoms with Crippen molar-refractivity contribution in [1.82, 2.24) is 0 Å². The number of carbonyl (C=O) groups is 2. The normalized spacial score (nSPS) is 14.7. The van der Waals surface area contributed by atoms with Gasteiger partial charge in [0.15, 0.2) is 5.41 Å². The molecular formula is C8H14O5. The zero-order valence-corrected chi connectivity index (χ0v) is 7.74. The van der Waals surface area contributed by atoms with Crippen molar-refractivity contribution in [1.29, 1.82) is 0 Å². The van der Waals surface area contributed by atoms with Gasteiger partial charge < -0.3 is 14.9 Å². The van der Waals surface area contributed by atoms with E-state index in [1.165, 1.54) is 6.92 Å². The second-order valence-electron chi connectivity index (χ2n) is 2.83. The van der Waals surface area contributed by atoms with Crippen molar-refractivity contribution in [3.05, 3.63) is 0 Å². The zero-order valence-electron chi connectivity index (χ0n) is 7.74. The first kappa shape index (κ1) is 11.9. The number of hydrogen-bond donors (Lipinski definition) is 2. The topological polar surface area (TPSA) is 83.8 Å². The molecule has 2 N–H and O–H groups in total. The second-order valence-corrected chi connectivity index (χ2v) is 2.83. The van der Waals surface area contributed by atoms with E-state index < -0.39 is 17.4 Å². The van der Waals surface area contributed by atoms with E-state index in [0.717, 1.165) is 0 Å². The fraction of sp³-hybridized carbons (Fsp3) is 0.750. The number of aliphatic carboxylic acids is 1. The summed E-state index contributed by atoms with van der Waals surface area (Å²) in [5, 5.41) is 17.3. The van der Waals surface area contributed by atoms with Gasteiger partial charge >= 0.3 is 11.9 Å². The molecule has 0 fully saturated rings. The van der Waals surface area contributed by atoms with Crippen molar-refractivity contribution < 1.29 is 24.5 Å². The Morgan fingerprint density at radius 2 is 2.00 bits per heavy atom. The van der Waals surface area contributed by atoms with Crippen molar-refractivity contribution in [2.24, 2.45) is 5.41 Å². The van der Waals surface area contributed by atoms with Crippen molar-refractivity contribution in [2.45, 2.75) is 20.3 Å². The molecule has 5 nitrogen and oxygen atoms in total. The molecule has 0 aliphatic rings. The molecule has 0 aliphatic heterocycles. The Morgan fingerprint density at radius 3 is 2.31 bits per heavy atom. The van der Waals surface area contributed by atoms with Crippen molar-refractivity contribution in [3.63, 3.8) is 0 Å². The van der Waals surface area contributed by atoms with E-state index in [2.05, 4.69) is 4.74 Å². The molecule has 1 atom stereocenters. The summed E-state index contributed by atoms with van der Waals surface area (Å²) >= 11 is 0. The predicted molar refractivity (Wildman–Crippen MR) is 44.1 cm³/mol. The summed E-state index contributed by atoms with van der Waals surface area (Å²) in [7, 11) is 0. The van der Waals surface area contributed by atoms with Crippen molar-refractivity contribution >= 4 is 11.9 Å². The molecule has 13 heavy (non-hydrogen) atoms. The summed E-state index contributed by atoms with van der Waals surface area (Å²) in [6.07, 6.45) is -0.138. The first-order valence-corrected chi connectivity index (χ1v) is 4.00. The minimum Gasteiger partial charge on any atom is -0.480 e. The van der Waals surface area contributed by atoms with Gasteiger partial charge in [-0.25, -0.2) is 0 Å². The van der Waals surface area contributed by atoms with Crippen LogP contribution in [0.15, 0.2) is 0 Å². The second kappa shape index (κ2) is 4.81. The Bertz CT molecular complexity index is 201. The van der Waals surface area contributed by atoms with Crippen LogP contribution in [-0.2, 0) is 14.3 Å². The molecule has 0 radical (unpaired) electrons. The van der Waals surface area contributed by atoms with Gasteiger partial charge in [-0.05, 0) is 20.3 Å². The molecule has 0 saturated carbocycles. The zero-order chi connectivity index (χ0) is 10.5. The van der Waals surface area contributed by atoms with Gasteiger partial charge in [0, 0.05) is 6.61 Å². The smallest absolute Gasteiger partial charge is 0.323 e. The maximum atomic E-state index is 11.2. The highest BCUT2D eigenvalue weighted by Gasteiger charge is 2.42. The van der Waals surface area contributed by atoms with Gasteiger partial charge in [0.25, 0.3) is 0 Å². The Hall–Kier alpha value is -1.10. The van der Waals surface area contributed by atoms with Crippen LogP contribution in [0, 0.1) is 5.41 Å². The molecule has 0 saturated heterocycles. The average molecular weight is 190 g/mol. The SMILES string of the molecule is CCOC(=O)C(C)(CCO)C(=O)O. The molecule has 1 unspecified atom stereocenters. The number of hydrogen-bond acceptors (Lipinski definition) is 4. The van der Waals surface area contributed by atoms with E-state index >= 15 is 0 Å². The van der Waals surface area contributed by atoms with Crippen LogP contribution in [0.5, 0.6) is 0 Å². The van der Waals surface area contributed by atoms with Gasteiger partial charge in [0.05, 0.1) is 6.61 Å². The molecule has 0 amide bonds. The lowest BCUT2D eigenvalue weighted by Gasteiger charge is -2.20. The molecule has 0 bridgehead atoms. The number of rotatable bonds is 5. The van der Waals surface area contributed by atoms with Gasteiger partial charge in [0.2, 0.25) is 0 Å². The Balaban J connectivity index is 4.57. The number of carboxylic acid groups (broad SMARTS) is 1. The number of esters is 1. The van der Waals surface area contributed by atoms with Crippen LogP contribution in [0.2, 0.25) is 0 Å². The third-order valence-electron chi connectivity index (χ3n) is 1.81. The lowest BCUT2D eigenvalue weighted by Crippen LogP contribution is -2.38. The molecule has 5 heteroatoms. The number of carboxylic acids is 1. The van der Waals surface area contributed by atoms with Gasteiger partial charge in [0.1, 0.15) is 0 Å². The highest BCUT2D eigenvalue weighted by Crippen LogP contribution is 2.23. The highest BCUT2D eigenvalue weighted by atomic mass is 16.5. The molecule has 0 aromatic carbocycles. The minimum absolute atomic E-state index is 0.132. The van der Waals surface area contributed by atoms with Crippen LogP contribution in [0.25, 0.3) is 0 Å². The van der Waals surface area contributed by atoms with Crippen molar-refractivity contribution in [2.75, 3.05) is 13.2 Å². The molecule has 0 aromatic rings. The van der Waals surface area contributed by atoms with E-state index in [-0.39, 0.29) is 19.6 Å². The van der Waals surface area contributed by atoms with Gasteiger partial charge in [-0.15, -0.1) is 0 Å². The summed E-state index contributed by atoms with van der Waals surface area (Å²) in [6, 6.07) is 0. The Morgan fingerprint density at radius 1 is 1.46 bits per heavy atom. The molecular weight excluding hydrogens is 176 g/mol. The largest absolute Gasteiger partial charge is 0.480 e. The molecule has 0 heterocycles. The Labute approximate surface area is 76.3 Å². The standard InChI is InChI=1S/C8H14O5/c1-3-13-7(12)8(2,4-5-9)6(10)11/h9H,3-5H2,1-2H3,(H,10,11). The predicted octanol–water partition coefficient (Wildman–Crippen LogP) is 0.0228. The first-order valence-electron chi connectivity index (χ1n) is 4.00. The van der Waals surface area contributed by atoms with Crippen LogP contribution >= 0.6 is 0 Å². The van der Waals surface area contributed by atoms with E-state index in [1.54, 1.807) is 6.92 Å². The average Bonchev–Trinajstić information content (AvgIpc) is 2.04. The fourth-order valence-corrected chi connectivity index (χ4v) is 0.810. The van der Waals surface area contributed by atoms with Crippen LogP contribution < -0.4 is 0 Å². The van der Waals surface area contributed by atoms with Crippen LogP contribution in [0.4, 0.5) is 0 Å². The number of aliphatic hydroxyl groups excluding tert-OH is 1. The summed E-state index contributed by atoms with van der Waals surface area (Å²) in [6.45, 7) is 2.61. The Kier molecular flexibility index (Phi) is 4.40. The fourth-order valence-electron chi connectivity index (χ4n) is 0.810. The number of aliphatic hydroxyl groups is 1.